The maximum absolute atomic E-state index is 12.1. The Bertz CT molecular complexity index is 854. The molecule has 0 N–H and O–H groups in total. The third kappa shape index (κ3) is 4.15. The number of aliphatic imine (C=N–C) groups is 1. The quantitative estimate of drug-likeness (QED) is 0.416. The van der Waals surface area contributed by atoms with Crippen molar-refractivity contribution in [1.29, 1.82) is 0 Å². The lowest BCUT2D eigenvalue weighted by molar-refractivity contribution is -0.398. The van der Waals surface area contributed by atoms with Gasteiger partial charge in [-0.05, 0) is 23.4 Å². The minimum Gasteiger partial charge on any atom is -0.867 e. The van der Waals surface area contributed by atoms with Gasteiger partial charge in [-0.25, -0.2) is 0 Å². The molecule has 0 bridgehead atoms. The van der Waals surface area contributed by atoms with Crippen LogP contribution in [-0.2, 0) is 6.54 Å². The summed E-state index contributed by atoms with van der Waals surface area (Å²) < 4.78 is 15.8. The summed E-state index contributed by atoms with van der Waals surface area (Å²) >= 11 is 5.83. The largest absolute Gasteiger partial charge is 0.867 e. The number of halogens is 1. The van der Waals surface area contributed by atoms with Crippen LogP contribution in [-0.4, -0.2) is 32.5 Å². The molecule has 8 nitrogen and oxygen atoms in total. The van der Waals surface area contributed by atoms with Crippen molar-refractivity contribution in [2.75, 3.05) is 21.3 Å². The molecule has 2 rings (SSSR count). The Morgan fingerprint density at radius 3 is 2.27 bits per heavy atom. The predicted octanol–water partition coefficient (Wildman–Crippen LogP) is 2.97. The van der Waals surface area contributed by atoms with Crippen molar-refractivity contribution in [3.05, 3.63) is 50.5 Å². The first-order valence-corrected chi connectivity index (χ1v) is 7.72. The van der Waals surface area contributed by atoms with E-state index >= 15 is 0 Å². The molecule has 0 radical (unpaired) electrons. The normalized spacial score (nSPS) is 10.8. The summed E-state index contributed by atoms with van der Waals surface area (Å²) in [5.74, 6) is 0.785. The van der Waals surface area contributed by atoms with Crippen molar-refractivity contribution in [2.24, 2.45) is 4.99 Å². The Morgan fingerprint density at radius 2 is 1.69 bits per heavy atom. The van der Waals surface area contributed by atoms with Gasteiger partial charge in [0.2, 0.25) is 0 Å². The van der Waals surface area contributed by atoms with Crippen molar-refractivity contribution in [3.63, 3.8) is 0 Å². The number of hydrogen-bond acceptors (Lipinski definition) is 7. The van der Waals surface area contributed by atoms with Crippen LogP contribution in [0.5, 0.6) is 23.0 Å². The Labute approximate surface area is 154 Å². The van der Waals surface area contributed by atoms with Gasteiger partial charge in [-0.15, -0.1) is 0 Å². The molecule has 0 spiro atoms. The summed E-state index contributed by atoms with van der Waals surface area (Å²) in [6.07, 6.45) is 1.25. The maximum Gasteiger partial charge on any atom is 0.263 e. The van der Waals surface area contributed by atoms with E-state index in [4.69, 9.17) is 25.8 Å². The number of nitro benzene ring substituents is 1. The van der Waals surface area contributed by atoms with E-state index in [9.17, 15) is 15.2 Å². The van der Waals surface area contributed by atoms with Crippen LogP contribution in [0.15, 0.2) is 29.3 Å². The summed E-state index contributed by atoms with van der Waals surface area (Å²) in [6, 6.07) is 5.70. The van der Waals surface area contributed by atoms with Crippen molar-refractivity contribution in [3.8, 4) is 23.0 Å². The van der Waals surface area contributed by atoms with Crippen molar-refractivity contribution in [1.82, 2.24) is 0 Å². The number of hydrogen-bond donors (Lipinski definition) is 0. The van der Waals surface area contributed by atoms with E-state index in [0.717, 1.165) is 6.07 Å². The second-order valence-electron chi connectivity index (χ2n) is 5.09. The topological polar surface area (TPSA) is 106 Å². The highest BCUT2D eigenvalue weighted by Gasteiger charge is 2.13. The van der Waals surface area contributed by atoms with E-state index in [0.29, 0.717) is 22.8 Å². The third-order valence-electron chi connectivity index (χ3n) is 3.54. The molecule has 2 aromatic rings. The number of nitrogens with zero attached hydrogens (tertiary/aromatic N) is 2. The Kier molecular flexibility index (Phi) is 6.24. The van der Waals surface area contributed by atoms with Gasteiger partial charge in [0, 0.05) is 28.9 Å². The molecule has 0 aromatic heterocycles. The molecule has 0 unspecified atom stereocenters. The van der Waals surface area contributed by atoms with Gasteiger partial charge in [-0.1, -0.05) is 11.6 Å². The first-order chi connectivity index (χ1) is 12.4. The van der Waals surface area contributed by atoms with Crippen molar-refractivity contribution >= 4 is 23.5 Å². The number of rotatable bonds is 7. The standard InChI is InChI=1S/C17H17ClN2O6/c1-24-14-7-16(26-3)15(25-2)5-10(14)8-19-9-11-4-12(18)6-13(17(11)21)20(22)23/h4-7,9,21H,8H2,1-3H3/p-1. The zero-order chi connectivity index (χ0) is 19.3. The third-order valence-corrected chi connectivity index (χ3v) is 3.76. The zero-order valence-corrected chi connectivity index (χ0v) is 15.1. The van der Waals surface area contributed by atoms with Gasteiger partial charge >= 0.3 is 0 Å². The first-order valence-electron chi connectivity index (χ1n) is 7.35. The van der Waals surface area contributed by atoms with Gasteiger partial charge in [0.1, 0.15) is 5.75 Å². The number of ether oxygens (including phenoxy) is 3. The molecule has 2 aromatic carbocycles. The molecule has 0 atom stereocenters. The van der Waals surface area contributed by atoms with Crippen LogP contribution in [0.3, 0.4) is 0 Å². The van der Waals surface area contributed by atoms with E-state index in [-0.39, 0.29) is 17.1 Å². The van der Waals surface area contributed by atoms with E-state index in [1.807, 2.05) is 0 Å². The highest BCUT2D eigenvalue weighted by Crippen LogP contribution is 2.35. The fourth-order valence-electron chi connectivity index (χ4n) is 2.29. The molecule has 0 fully saturated rings. The molecular weight excluding hydrogens is 364 g/mol. The van der Waals surface area contributed by atoms with Gasteiger partial charge in [0.25, 0.3) is 5.69 Å². The average molecular weight is 380 g/mol. The molecule has 0 aliphatic carbocycles. The minimum absolute atomic E-state index is 0.0312. The Balaban J connectivity index is 2.33. The zero-order valence-electron chi connectivity index (χ0n) is 14.3. The number of methoxy groups -OCH3 is 3. The SMILES string of the molecule is COc1cc(OC)c(OC)cc1CN=Cc1cc(Cl)cc([N+](=O)[O-])c1[O-]. The Hall–Kier alpha value is -3.00. The van der Waals surface area contributed by atoms with Crippen LogP contribution in [0.1, 0.15) is 11.1 Å². The number of benzene rings is 2. The van der Waals surface area contributed by atoms with Crippen LogP contribution in [0.4, 0.5) is 5.69 Å². The summed E-state index contributed by atoms with van der Waals surface area (Å²) in [7, 11) is 4.52. The van der Waals surface area contributed by atoms with E-state index in [2.05, 4.69) is 4.99 Å². The summed E-state index contributed by atoms with van der Waals surface area (Å²) in [5.41, 5.74) is 0.122. The molecule has 9 heteroatoms. The highest BCUT2D eigenvalue weighted by atomic mass is 35.5. The van der Waals surface area contributed by atoms with Gasteiger partial charge in [-0.3, -0.25) is 15.1 Å². The molecule has 138 valence electrons. The lowest BCUT2D eigenvalue weighted by Crippen LogP contribution is -2.02. The molecular formula is C17H16ClN2O6-. The van der Waals surface area contributed by atoms with Crippen LogP contribution in [0.25, 0.3) is 0 Å². The first kappa shape index (κ1) is 19.3. The molecule has 26 heavy (non-hydrogen) atoms. The molecule has 0 saturated carbocycles. The molecule has 0 aliphatic heterocycles. The van der Waals surface area contributed by atoms with Gasteiger partial charge in [0.15, 0.2) is 11.5 Å². The highest BCUT2D eigenvalue weighted by molar-refractivity contribution is 6.31. The van der Waals surface area contributed by atoms with Crippen LogP contribution < -0.4 is 19.3 Å². The lowest BCUT2D eigenvalue weighted by Gasteiger charge is -2.13. The van der Waals surface area contributed by atoms with Gasteiger partial charge in [-0.2, -0.15) is 0 Å². The van der Waals surface area contributed by atoms with Crippen LogP contribution in [0.2, 0.25) is 5.02 Å². The second-order valence-corrected chi connectivity index (χ2v) is 5.53. The fraction of sp³-hybridized carbons (Fsp3) is 0.235. The maximum atomic E-state index is 12.1. The van der Waals surface area contributed by atoms with Gasteiger partial charge < -0.3 is 19.3 Å². The smallest absolute Gasteiger partial charge is 0.263 e. The molecule has 0 amide bonds. The molecule has 0 aliphatic rings. The summed E-state index contributed by atoms with van der Waals surface area (Å²) in [6.45, 7) is 0.156. The molecule has 0 heterocycles. The van der Waals surface area contributed by atoms with Crippen molar-refractivity contribution in [2.45, 2.75) is 6.54 Å². The monoisotopic (exact) mass is 379 g/mol. The van der Waals surface area contributed by atoms with E-state index in [1.165, 1.54) is 33.6 Å². The lowest BCUT2D eigenvalue weighted by atomic mass is 10.1. The summed E-state index contributed by atoms with van der Waals surface area (Å²) in [5, 5.41) is 23.0. The average Bonchev–Trinajstić information content (AvgIpc) is 2.63. The predicted molar refractivity (Wildman–Crippen MR) is 94.9 cm³/mol. The number of nitro groups is 1. The van der Waals surface area contributed by atoms with Crippen LogP contribution >= 0.6 is 11.6 Å². The molecule has 0 saturated heterocycles. The van der Waals surface area contributed by atoms with Crippen LogP contribution in [0, 0.1) is 10.1 Å². The van der Waals surface area contributed by atoms with E-state index in [1.54, 1.807) is 12.1 Å². The second kappa shape index (κ2) is 8.39. The fourth-order valence-corrected chi connectivity index (χ4v) is 2.51. The van der Waals surface area contributed by atoms with Gasteiger partial charge in [0.05, 0.1) is 32.8 Å². The summed E-state index contributed by atoms with van der Waals surface area (Å²) in [4.78, 5) is 14.3. The minimum atomic E-state index is -0.775. The Morgan fingerprint density at radius 1 is 1.08 bits per heavy atom. The van der Waals surface area contributed by atoms with E-state index < -0.39 is 16.4 Å². The van der Waals surface area contributed by atoms with Crippen molar-refractivity contribution < 1.29 is 24.2 Å².